The summed E-state index contributed by atoms with van der Waals surface area (Å²) in [6.45, 7) is 2.73. The second-order valence-corrected chi connectivity index (χ2v) is 7.18. The van der Waals surface area contributed by atoms with Crippen LogP contribution in [0, 0.1) is 23.7 Å². The molecule has 1 aliphatic carbocycles. The third-order valence-electron chi connectivity index (χ3n) is 4.78. The van der Waals surface area contributed by atoms with E-state index in [1.807, 2.05) is 0 Å². The number of hydrogen-bond donors (Lipinski definition) is 0. The molecule has 1 aliphatic rings. The molecule has 2 aromatic rings. The van der Waals surface area contributed by atoms with Gasteiger partial charge in [0.25, 0.3) is 0 Å². The van der Waals surface area contributed by atoms with Crippen molar-refractivity contribution in [3.05, 3.63) is 58.9 Å². The van der Waals surface area contributed by atoms with Crippen LogP contribution in [0.15, 0.2) is 36.4 Å². The summed E-state index contributed by atoms with van der Waals surface area (Å²) >= 11 is 6.03. The Hall–Kier alpha value is -0.265. The molecule has 0 spiro atoms. The number of carbonyl (C=O) groups is 1. The van der Waals surface area contributed by atoms with Gasteiger partial charge in [0.1, 0.15) is 5.02 Å². The van der Waals surface area contributed by atoms with E-state index in [1.165, 1.54) is 25.0 Å². The van der Waals surface area contributed by atoms with Crippen molar-refractivity contribution in [1.29, 1.82) is 0 Å². The van der Waals surface area contributed by atoms with Gasteiger partial charge in [0.15, 0.2) is 17.3 Å². The zero-order chi connectivity index (χ0) is 18.5. The zero-order valence-corrected chi connectivity index (χ0v) is 21.3. The van der Waals surface area contributed by atoms with Crippen LogP contribution in [0.5, 0.6) is 11.5 Å². The van der Waals surface area contributed by atoms with E-state index in [-0.39, 0.29) is 74.7 Å². The normalized spacial score (nSPS) is 19.1. The molecule has 27 heavy (non-hydrogen) atoms. The summed E-state index contributed by atoms with van der Waals surface area (Å²) in [5.74, 6) is -0.0536. The Labute approximate surface area is 213 Å². The second kappa shape index (κ2) is 11.1. The quantitative estimate of drug-likeness (QED) is 0.391. The van der Waals surface area contributed by atoms with Crippen molar-refractivity contribution >= 4 is 17.6 Å². The third kappa shape index (κ3) is 6.36. The van der Waals surface area contributed by atoms with Crippen molar-refractivity contribution in [3.63, 3.8) is 0 Å². The molecule has 3 nitrogen and oxygen atoms in total. The van der Waals surface area contributed by atoms with Gasteiger partial charge in [-0.05, 0) is 42.4 Å². The van der Waals surface area contributed by atoms with Crippen molar-refractivity contribution in [2.24, 2.45) is 11.8 Å². The van der Waals surface area contributed by atoms with Crippen molar-refractivity contribution < 1.29 is 76.8 Å². The SMILES string of the molecule is CC1CCC(COc2ccc(OC(=O)c3cc[c-]cc3)c(Cl)c2F)CC1.[Rb+]. The van der Waals surface area contributed by atoms with E-state index in [0.29, 0.717) is 18.1 Å². The number of halogens is 2. The van der Waals surface area contributed by atoms with E-state index in [4.69, 9.17) is 21.1 Å². The van der Waals surface area contributed by atoms with Gasteiger partial charge in [0, 0.05) is 0 Å². The molecular formula is C21H21ClFO3Rb. The molecule has 0 aromatic heterocycles. The van der Waals surface area contributed by atoms with E-state index < -0.39 is 11.8 Å². The van der Waals surface area contributed by atoms with E-state index in [1.54, 1.807) is 24.3 Å². The van der Waals surface area contributed by atoms with Gasteiger partial charge >= 0.3 is 64.2 Å². The molecule has 0 unspecified atom stereocenters. The van der Waals surface area contributed by atoms with E-state index >= 15 is 0 Å². The molecule has 0 bridgehead atoms. The molecule has 0 aliphatic heterocycles. The molecule has 1 saturated carbocycles. The predicted molar refractivity (Wildman–Crippen MR) is 98.3 cm³/mol. The first-order valence-corrected chi connectivity index (χ1v) is 9.21. The Morgan fingerprint density at radius 1 is 1.15 bits per heavy atom. The van der Waals surface area contributed by atoms with Crippen molar-refractivity contribution in [3.8, 4) is 11.5 Å². The Morgan fingerprint density at radius 3 is 2.44 bits per heavy atom. The minimum atomic E-state index is -0.706. The van der Waals surface area contributed by atoms with Gasteiger partial charge in [0.2, 0.25) is 0 Å². The fraction of sp³-hybridized carbons (Fsp3) is 0.381. The maximum absolute atomic E-state index is 14.5. The molecule has 0 saturated heterocycles. The van der Waals surface area contributed by atoms with Gasteiger partial charge in [0.05, 0.1) is 6.61 Å². The summed E-state index contributed by atoms with van der Waals surface area (Å²) < 4.78 is 25.3. The zero-order valence-electron chi connectivity index (χ0n) is 15.6. The topological polar surface area (TPSA) is 35.5 Å². The fourth-order valence-electron chi connectivity index (χ4n) is 3.09. The summed E-state index contributed by atoms with van der Waals surface area (Å²) in [5.41, 5.74) is 0.340. The van der Waals surface area contributed by atoms with Gasteiger partial charge in [-0.3, -0.25) is 0 Å². The molecule has 0 N–H and O–H groups in total. The Bertz CT molecular complexity index is 762. The maximum Gasteiger partial charge on any atom is 1.00 e. The van der Waals surface area contributed by atoms with Crippen LogP contribution >= 0.6 is 11.6 Å². The van der Waals surface area contributed by atoms with Crippen molar-refractivity contribution in [1.82, 2.24) is 0 Å². The third-order valence-corrected chi connectivity index (χ3v) is 5.13. The van der Waals surface area contributed by atoms with Crippen LogP contribution in [-0.4, -0.2) is 12.6 Å². The predicted octanol–water partition coefficient (Wildman–Crippen LogP) is 2.71. The van der Waals surface area contributed by atoms with Gasteiger partial charge in [-0.15, -0.1) is 0 Å². The Balaban J connectivity index is 0.00000261. The van der Waals surface area contributed by atoms with Gasteiger partial charge in [-0.25, -0.2) is 9.18 Å². The fourth-order valence-corrected chi connectivity index (χ4v) is 3.28. The van der Waals surface area contributed by atoms with Crippen LogP contribution in [-0.2, 0) is 0 Å². The smallest absolute Gasteiger partial charge is 0.490 e. The first-order chi connectivity index (χ1) is 12.5. The van der Waals surface area contributed by atoms with E-state index in [0.717, 1.165) is 18.8 Å². The monoisotopic (exact) mass is 460 g/mol. The Morgan fingerprint density at radius 2 is 1.78 bits per heavy atom. The van der Waals surface area contributed by atoms with Crippen LogP contribution in [0.4, 0.5) is 4.39 Å². The first-order valence-electron chi connectivity index (χ1n) is 8.83. The number of rotatable bonds is 5. The molecule has 0 heterocycles. The first kappa shape index (κ1) is 23.0. The van der Waals surface area contributed by atoms with E-state index in [2.05, 4.69) is 13.0 Å². The molecular weight excluding hydrogens is 440 g/mol. The molecule has 138 valence electrons. The molecule has 3 rings (SSSR count). The number of hydrogen-bond acceptors (Lipinski definition) is 3. The minimum Gasteiger partial charge on any atom is -0.490 e. The van der Waals surface area contributed by atoms with Crippen LogP contribution in [0.1, 0.15) is 43.0 Å². The van der Waals surface area contributed by atoms with Crippen LogP contribution in [0.25, 0.3) is 0 Å². The number of ether oxygens (including phenoxy) is 2. The summed E-state index contributed by atoms with van der Waals surface area (Å²) in [6.07, 6.45) is 4.56. The average molecular weight is 461 g/mol. The number of benzene rings is 2. The Kier molecular flexibility index (Phi) is 9.43. The molecule has 2 aromatic carbocycles. The second-order valence-electron chi connectivity index (χ2n) is 6.80. The van der Waals surface area contributed by atoms with E-state index in [9.17, 15) is 9.18 Å². The molecule has 1 fully saturated rings. The standard InChI is InChI=1S/C21H21ClFO3.Rb/c1-14-7-9-15(10-8-14)13-25-18-12-11-17(19(22)20(18)23)26-21(24)16-5-3-2-4-6-16;/h3-6,11-12,14-15H,7-10,13H2,1H3;/q-1;+1. The van der Waals surface area contributed by atoms with Crippen LogP contribution in [0.2, 0.25) is 5.02 Å². The molecule has 0 radical (unpaired) electrons. The van der Waals surface area contributed by atoms with Crippen LogP contribution < -0.4 is 67.7 Å². The van der Waals surface area contributed by atoms with Gasteiger partial charge < -0.3 is 9.47 Å². The maximum atomic E-state index is 14.5. The summed E-state index contributed by atoms with van der Waals surface area (Å²) in [7, 11) is 0. The molecule has 0 atom stereocenters. The number of carbonyl (C=O) groups excluding carboxylic acids is 1. The van der Waals surface area contributed by atoms with Gasteiger partial charge in [-0.1, -0.05) is 31.4 Å². The van der Waals surface area contributed by atoms with Crippen molar-refractivity contribution in [2.75, 3.05) is 6.61 Å². The summed E-state index contributed by atoms with van der Waals surface area (Å²) in [5, 5.41) is -0.254. The van der Waals surface area contributed by atoms with Gasteiger partial charge in [-0.2, -0.15) is 30.3 Å². The average Bonchev–Trinajstić information content (AvgIpc) is 2.67. The van der Waals surface area contributed by atoms with Crippen molar-refractivity contribution in [2.45, 2.75) is 32.6 Å². The van der Waals surface area contributed by atoms with Crippen LogP contribution in [0.3, 0.4) is 0 Å². The molecule has 0 amide bonds. The summed E-state index contributed by atoms with van der Waals surface area (Å²) in [4.78, 5) is 12.1. The number of esters is 1. The largest absolute Gasteiger partial charge is 1.00 e. The molecule has 6 heteroatoms. The summed E-state index contributed by atoms with van der Waals surface area (Å²) in [6, 6.07) is 12.0. The minimum absolute atomic E-state index is 0.